The molecule has 0 aromatic heterocycles. The highest BCUT2D eigenvalue weighted by molar-refractivity contribution is 5.73. The minimum absolute atomic E-state index is 0.292. The van der Waals surface area contributed by atoms with Crippen molar-refractivity contribution < 1.29 is 18.0 Å². The van der Waals surface area contributed by atoms with Gasteiger partial charge in [0.05, 0.1) is 0 Å². The molecule has 0 unspecified atom stereocenters. The second-order valence-corrected chi connectivity index (χ2v) is 2.33. The first-order valence-electron chi connectivity index (χ1n) is 3.69. The van der Waals surface area contributed by atoms with E-state index < -0.39 is 18.8 Å². The van der Waals surface area contributed by atoms with Crippen LogP contribution < -0.4 is 16.0 Å². The molecule has 0 aliphatic rings. The Labute approximate surface area is 73.9 Å². The third kappa shape index (κ3) is 8.93. The van der Waals surface area contributed by atoms with Crippen molar-refractivity contribution in [3.8, 4) is 0 Å². The summed E-state index contributed by atoms with van der Waals surface area (Å²) in [5.41, 5.74) is 0. The van der Waals surface area contributed by atoms with Gasteiger partial charge in [0.15, 0.2) is 0 Å². The van der Waals surface area contributed by atoms with Crippen LogP contribution in [0.3, 0.4) is 0 Å². The highest BCUT2D eigenvalue weighted by Crippen LogP contribution is 2.11. The number of rotatable bonds is 4. The molecule has 0 saturated carbocycles. The monoisotopic (exact) mass is 199 g/mol. The zero-order chi connectivity index (χ0) is 10.3. The van der Waals surface area contributed by atoms with E-state index in [1.54, 1.807) is 12.4 Å². The SMILES string of the molecule is CNCCNC(=O)NCC(F)(F)F. The summed E-state index contributed by atoms with van der Waals surface area (Å²) in [6.45, 7) is -0.502. The molecule has 0 atom stereocenters. The standard InChI is InChI=1S/C6H12F3N3O/c1-10-2-3-11-5(13)12-4-6(7,8)9/h10H,2-4H2,1H3,(H2,11,12,13). The molecule has 0 aliphatic heterocycles. The molecule has 0 fully saturated rings. The lowest BCUT2D eigenvalue weighted by Crippen LogP contribution is -2.42. The first-order chi connectivity index (χ1) is 5.95. The van der Waals surface area contributed by atoms with Crippen LogP contribution in [0, 0.1) is 0 Å². The Balaban J connectivity index is 3.41. The highest BCUT2D eigenvalue weighted by atomic mass is 19.4. The fourth-order valence-electron chi connectivity index (χ4n) is 0.544. The maximum absolute atomic E-state index is 11.5. The number of likely N-dealkylation sites (N-methyl/N-ethyl adjacent to an activating group) is 1. The molecule has 0 spiro atoms. The van der Waals surface area contributed by atoms with Gasteiger partial charge in [-0.3, -0.25) is 0 Å². The molecule has 0 aromatic carbocycles. The molecule has 0 heterocycles. The van der Waals surface area contributed by atoms with E-state index in [0.29, 0.717) is 13.1 Å². The maximum atomic E-state index is 11.5. The second-order valence-electron chi connectivity index (χ2n) is 2.33. The summed E-state index contributed by atoms with van der Waals surface area (Å²) in [5.74, 6) is 0. The largest absolute Gasteiger partial charge is 0.405 e. The first-order valence-corrected chi connectivity index (χ1v) is 3.69. The summed E-state index contributed by atoms with van der Waals surface area (Å²) >= 11 is 0. The van der Waals surface area contributed by atoms with Crippen LogP contribution in [0.5, 0.6) is 0 Å². The Morgan fingerprint density at radius 1 is 1.23 bits per heavy atom. The molecule has 0 radical (unpaired) electrons. The predicted molar refractivity (Wildman–Crippen MR) is 41.4 cm³/mol. The van der Waals surface area contributed by atoms with Gasteiger partial charge in [-0.25, -0.2) is 4.79 Å². The Morgan fingerprint density at radius 3 is 2.31 bits per heavy atom. The molecule has 4 nitrogen and oxygen atoms in total. The lowest BCUT2D eigenvalue weighted by Gasteiger charge is -2.09. The van der Waals surface area contributed by atoms with Gasteiger partial charge in [0.25, 0.3) is 0 Å². The Hall–Kier alpha value is -0.980. The van der Waals surface area contributed by atoms with Gasteiger partial charge in [0.2, 0.25) is 0 Å². The van der Waals surface area contributed by atoms with E-state index in [1.807, 2.05) is 0 Å². The van der Waals surface area contributed by atoms with Gasteiger partial charge < -0.3 is 16.0 Å². The lowest BCUT2D eigenvalue weighted by molar-refractivity contribution is -0.122. The number of nitrogens with one attached hydrogen (secondary N) is 3. The van der Waals surface area contributed by atoms with E-state index in [4.69, 9.17) is 0 Å². The fourth-order valence-corrected chi connectivity index (χ4v) is 0.544. The van der Waals surface area contributed by atoms with Crippen molar-refractivity contribution in [3.63, 3.8) is 0 Å². The minimum Gasteiger partial charge on any atom is -0.337 e. The van der Waals surface area contributed by atoms with E-state index in [2.05, 4.69) is 10.6 Å². The van der Waals surface area contributed by atoms with Crippen molar-refractivity contribution in [2.75, 3.05) is 26.7 Å². The van der Waals surface area contributed by atoms with Gasteiger partial charge >= 0.3 is 12.2 Å². The molecular weight excluding hydrogens is 187 g/mol. The third-order valence-electron chi connectivity index (χ3n) is 1.11. The number of alkyl halides is 3. The molecule has 0 aliphatic carbocycles. The predicted octanol–water partition coefficient (Wildman–Crippen LogP) is 0.0673. The summed E-state index contributed by atoms with van der Waals surface area (Å²) in [7, 11) is 1.68. The topological polar surface area (TPSA) is 53.2 Å². The number of urea groups is 1. The van der Waals surface area contributed by atoms with Gasteiger partial charge in [-0.05, 0) is 7.05 Å². The van der Waals surface area contributed by atoms with E-state index in [1.165, 1.54) is 0 Å². The molecule has 78 valence electrons. The average Bonchev–Trinajstić information content (AvgIpc) is 2.00. The third-order valence-corrected chi connectivity index (χ3v) is 1.11. The van der Waals surface area contributed by atoms with Gasteiger partial charge in [-0.15, -0.1) is 0 Å². The summed E-state index contributed by atoms with van der Waals surface area (Å²) < 4.78 is 34.6. The summed E-state index contributed by atoms with van der Waals surface area (Å²) in [6, 6.07) is -0.812. The molecule has 13 heavy (non-hydrogen) atoms. The van der Waals surface area contributed by atoms with Gasteiger partial charge in [0, 0.05) is 13.1 Å². The van der Waals surface area contributed by atoms with Crippen LogP contribution in [0.2, 0.25) is 0 Å². The van der Waals surface area contributed by atoms with Crippen molar-refractivity contribution >= 4 is 6.03 Å². The van der Waals surface area contributed by atoms with Gasteiger partial charge in [-0.1, -0.05) is 0 Å². The number of hydrogen-bond acceptors (Lipinski definition) is 2. The highest BCUT2D eigenvalue weighted by Gasteiger charge is 2.27. The molecule has 0 saturated heterocycles. The zero-order valence-corrected chi connectivity index (χ0v) is 7.16. The number of halogens is 3. The summed E-state index contributed by atoms with van der Waals surface area (Å²) in [6.07, 6.45) is -4.36. The first kappa shape index (κ1) is 12.0. The molecular formula is C6H12F3N3O. The molecule has 0 aromatic rings. The minimum atomic E-state index is -4.36. The van der Waals surface area contributed by atoms with Crippen molar-refractivity contribution in [2.24, 2.45) is 0 Å². The molecule has 0 bridgehead atoms. The average molecular weight is 199 g/mol. The quantitative estimate of drug-likeness (QED) is 0.561. The van der Waals surface area contributed by atoms with Crippen molar-refractivity contribution in [1.82, 2.24) is 16.0 Å². The van der Waals surface area contributed by atoms with Crippen LogP contribution in [0.15, 0.2) is 0 Å². The van der Waals surface area contributed by atoms with Crippen LogP contribution in [0.1, 0.15) is 0 Å². The summed E-state index contributed by atoms with van der Waals surface area (Å²) in [4.78, 5) is 10.6. The summed E-state index contributed by atoms with van der Waals surface area (Å²) in [5, 5.41) is 6.65. The normalized spacial score (nSPS) is 11.1. The van der Waals surface area contributed by atoms with Crippen molar-refractivity contribution in [2.45, 2.75) is 6.18 Å². The van der Waals surface area contributed by atoms with Crippen LogP contribution >= 0.6 is 0 Å². The fraction of sp³-hybridized carbons (Fsp3) is 0.833. The zero-order valence-electron chi connectivity index (χ0n) is 7.16. The van der Waals surface area contributed by atoms with E-state index in [-0.39, 0.29) is 0 Å². The molecule has 2 amide bonds. The van der Waals surface area contributed by atoms with E-state index in [9.17, 15) is 18.0 Å². The number of hydrogen-bond donors (Lipinski definition) is 3. The van der Waals surface area contributed by atoms with Crippen LogP contribution in [0.4, 0.5) is 18.0 Å². The maximum Gasteiger partial charge on any atom is 0.405 e. The van der Waals surface area contributed by atoms with Crippen molar-refractivity contribution in [1.29, 1.82) is 0 Å². The number of carbonyl (C=O) groups excluding carboxylic acids is 1. The van der Waals surface area contributed by atoms with Crippen LogP contribution in [-0.4, -0.2) is 38.9 Å². The molecule has 7 heteroatoms. The Morgan fingerprint density at radius 2 is 1.85 bits per heavy atom. The molecule has 0 rings (SSSR count). The lowest BCUT2D eigenvalue weighted by atomic mass is 10.6. The van der Waals surface area contributed by atoms with E-state index in [0.717, 1.165) is 0 Å². The van der Waals surface area contributed by atoms with E-state index >= 15 is 0 Å². The number of amides is 2. The van der Waals surface area contributed by atoms with Crippen molar-refractivity contribution in [3.05, 3.63) is 0 Å². The van der Waals surface area contributed by atoms with Gasteiger partial charge in [-0.2, -0.15) is 13.2 Å². The second kappa shape index (κ2) is 5.63. The van der Waals surface area contributed by atoms with Crippen LogP contribution in [-0.2, 0) is 0 Å². The smallest absolute Gasteiger partial charge is 0.337 e. The molecule has 3 N–H and O–H groups in total. The Kier molecular flexibility index (Phi) is 5.20. The van der Waals surface area contributed by atoms with Crippen LogP contribution in [0.25, 0.3) is 0 Å². The number of carbonyl (C=O) groups is 1. The Bertz CT molecular complexity index is 160. The van der Waals surface area contributed by atoms with Gasteiger partial charge in [0.1, 0.15) is 6.54 Å².